The molecule has 0 saturated heterocycles. The highest BCUT2D eigenvalue weighted by molar-refractivity contribution is 7.18. The van der Waals surface area contributed by atoms with E-state index in [2.05, 4.69) is 20.5 Å². The smallest absolute Gasteiger partial charge is 0.348 e. The summed E-state index contributed by atoms with van der Waals surface area (Å²) in [4.78, 5) is 42.6. The summed E-state index contributed by atoms with van der Waals surface area (Å²) < 4.78 is 13.3. The molecule has 12 heteroatoms. The van der Waals surface area contributed by atoms with Gasteiger partial charge in [-0.05, 0) is 39.3 Å². The van der Waals surface area contributed by atoms with E-state index in [1.165, 1.54) is 13.3 Å². The molecule has 11 nitrogen and oxygen atoms in total. The predicted octanol–water partition coefficient (Wildman–Crippen LogP) is 3.51. The molecule has 35 heavy (non-hydrogen) atoms. The second kappa shape index (κ2) is 9.66. The largest absolute Gasteiger partial charge is 0.465 e. The predicted molar refractivity (Wildman–Crippen MR) is 129 cm³/mol. The Morgan fingerprint density at radius 2 is 1.94 bits per heavy atom. The van der Waals surface area contributed by atoms with Crippen LogP contribution in [-0.4, -0.2) is 55.9 Å². The summed E-state index contributed by atoms with van der Waals surface area (Å²) in [6.45, 7) is 8.09. The molecule has 0 aliphatic heterocycles. The summed E-state index contributed by atoms with van der Waals surface area (Å²) in [6.07, 6.45) is 4.92. The summed E-state index contributed by atoms with van der Waals surface area (Å²) in [5.74, 6) is -1.79. The molecule has 0 aliphatic rings. The van der Waals surface area contributed by atoms with Crippen LogP contribution < -0.4 is 5.32 Å². The normalized spacial score (nSPS) is 11.0. The maximum absolute atomic E-state index is 13.3. The third-order valence-electron chi connectivity index (χ3n) is 5.42. The number of aromatic nitrogens is 5. The number of esters is 2. The van der Waals surface area contributed by atoms with Crippen molar-refractivity contribution in [2.45, 2.75) is 34.2 Å². The molecule has 0 unspecified atom stereocenters. The van der Waals surface area contributed by atoms with E-state index in [4.69, 9.17) is 9.47 Å². The highest BCUT2D eigenvalue weighted by Gasteiger charge is 2.28. The number of carbonyl (C=O) groups excluding carboxylic acids is 3. The molecule has 0 spiro atoms. The number of hydrogen-bond acceptors (Lipinski definition) is 9. The van der Waals surface area contributed by atoms with Crippen LogP contribution in [-0.2, 0) is 16.0 Å². The zero-order valence-corrected chi connectivity index (χ0v) is 20.7. The minimum absolute atomic E-state index is 0.0987. The number of methoxy groups -OCH3 is 1. The number of nitrogens with one attached hydrogen (secondary N) is 1. The molecule has 182 valence electrons. The first-order valence-corrected chi connectivity index (χ1v) is 11.7. The van der Waals surface area contributed by atoms with E-state index in [9.17, 15) is 14.4 Å². The SMILES string of the molecule is CCOC(=O)c1sc(NC(=O)c2cnn3c(-c4cn(CC)nc4C)ccnc23)c(C(=O)OC)c1C. The van der Waals surface area contributed by atoms with Crippen LogP contribution in [0.25, 0.3) is 16.9 Å². The summed E-state index contributed by atoms with van der Waals surface area (Å²) in [6, 6.07) is 1.80. The molecule has 1 N–H and O–H groups in total. The molecule has 4 rings (SSSR count). The van der Waals surface area contributed by atoms with E-state index in [-0.39, 0.29) is 27.6 Å². The van der Waals surface area contributed by atoms with Crippen molar-refractivity contribution in [2.75, 3.05) is 19.0 Å². The number of fused-ring (bicyclic) bond motifs is 1. The Labute approximate surface area is 204 Å². The molecule has 0 aliphatic carbocycles. The van der Waals surface area contributed by atoms with Gasteiger partial charge in [0.2, 0.25) is 0 Å². The number of thiophene rings is 1. The lowest BCUT2D eigenvalue weighted by Crippen LogP contribution is -2.14. The molecule has 4 aromatic rings. The van der Waals surface area contributed by atoms with Crippen LogP contribution in [0, 0.1) is 13.8 Å². The lowest BCUT2D eigenvalue weighted by molar-refractivity contribution is 0.0531. The Hall–Kier alpha value is -4.06. The first kappa shape index (κ1) is 24.1. The van der Waals surface area contributed by atoms with Crippen LogP contribution in [0.4, 0.5) is 5.00 Å². The van der Waals surface area contributed by atoms with Crippen LogP contribution in [0.5, 0.6) is 0 Å². The number of carbonyl (C=O) groups is 3. The van der Waals surface area contributed by atoms with Gasteiger partial charge in [0.25, 0.3) is 5.91 Å². The number of anilines is 1. The van der Waals surface area contributed by atoms with E-state index in [1.54, 1.807) is 30.6 Å². The Morgan fingerprint density at radius 1 is 1.17 bits per heavy atom. The molecular formula is C23H24N6O5S. The van der Waals surface area contributed by atoms with Crippen LogP contribution in [0.2, 0.25) is 0 Å². The van der Waals surface area contributed by atoms with Gasteiger partial charge in [-0.1, -0.05) is 0 Å². The number of amides is 1. The van der Waals surface area contributed by atoms with Gasteiger partial charge < -0.3 is 14.8 Å². The van der Waals surface area contributed by atoms with Crippen molar-refractivity contribution in [2.24, 2.45) is 0 Å². The molecule has 0 atom stereocenters. The fraction of sp³-hybridized carbons (Fsp3) is 0.304. The van der Waals surface area contributed by atoms with E-state index >= 15 is 0 Å². The zero-order chi connectivity index (χ0) is 25.3. The molecule has 0 radical (unpaired) electrons. The molecule has 1 amide bonds. The van der Waals surface area contributed by atoms with Gasteiger partial charge in [0.05, 0.1) is 36.9 Å². The Bertz CT molecular complexity index is 1450. The quantitative estimate of drug-likeness (QED) is 0.385. The minimum atomic E-state index is -0.673. The molecule has 4 heterocycles. The standard InChI is InChI=1S/C23H24N6O5S/c1-6-28-11-15(13(4)27-28)16-8-9-24-19-14(10-25-29(16)19)20(30)26-21-17(22(31)33-5)12(3)18(35-21)23(32)34-7-2/h8-11H,6-7H2,1-5H3,(H,26,30). The molecule has 4 aromatic heterocycles. The van der Waals surface area contributed by atoms with E-state index in [0.29, 0.717) is 11.2 Å². The van der Waals surface area contributed by atoms with Crippen LogP contribution in [0.1, 0.15) is 55.5 Å². The molecule has 0 bridgehead atoms. The van der Waals surface area contributed by atoms with Gasteiger partial charge in [-0.15, -0.1) is 11.3 Å². The Kier molecular flexibility index (Phi) is 6.65. The van der Waals surface area contributed by atoms with Crippen LogP contribution in [0.3, 0.4) is 0 Å². The van der Waals surface area contributed by atoms with Gasteiger partial charge in [-0.3, -0.25) is 9.48 Å². The number of aryl methyl sites for hydroxylation is 2. The van der Waals surface area contributed by atoms with E-state index < -0.39 is 17.8 Å². The topological polar surface area (TPSA) is 130 Å². The fourth-order valence-corrected chi connectivity index (χ4v) is 4.78. The maximum atomic E-state index is 13.3. The van der Waals surface area contributed by atoms with Crippen molar-refractivity contribution in [3.63, 3.8) is 0 Å². The van der Waals surface area contributed by atoms with Gasteiger partial charge >= 0.3 is 11.9 Å². The van der Waals surface area contributed by atoms with Crippen molar-refractivity contribution in [3.05, 3.63) is 51.9 Å². The van der Waals surface area contributed by atoms with Crippen molar-refractivity contribution in [1.29, 1.82) is 0 Å². The average molecular weight is 497 g/mol. The second-order valence-electron chi connectivity index (χ2n) is 7.53. The minimum Gasteiger partial charge on any atom is -0.465 e. The summed E-state index contributed by atoms with van der Waals surface area (Å²) >= 11 is 0.950. The van der Waals surface area contributed by atoms with Crippen molar-refractivity contribution >= 4 is 39.8 Å². The Balaban J connectivity index is 1.73. The third-order valence-corrected chi connectivity index (χ3v) is 6.60. The number of ether oxygens (including phenoxy) is 2. The van der Waals surface area contributed by atoms with E-state index in [1.807, 2.05) is 24.7 Å². The van der Waals surface area contributed by atoms with Crippen LogP contribution in [0.15, 0.2) is 24.7 Å². The van der Waals surface area contributed by atoms with Crippen molar-refractivity contribution < 1.29 is 23.9 Å². The highest BCUT2D eigenvalue weighted by Crippen LogP contribution is 2.35. The van der Waals surface area contributed by atoms with Gasteiger partial charge in [0.15, 0.2) is 5.65 Å². The summed E-state index contributed by atoms with van der Waals surface area (Å²) in [5, 5.41) is 11.8. The maximum Gasteiger partial charge on any atom is 0.348 e. The molecule has 0 aromatic carbocycles. The van der Waals surface area contributed by atoms with Gasteiger partial charge in [-0.25, -0.2) is 19.1 Å². The summed E-state index contributed by atoms with van der Waals surface area (Å²) in [7, 11) is 1.23. The lowest BCUT2D eigenvalue weighted by atomic mass is 10.1. The number of hydrogen-bond donors (Lipinski definition) is 1. The number of nitrogens with zero attached hydrogens (tertiary/aromatic N) is 5. The number of rotatable bonds is 7. The molecule has 0 saturated carbocycles. The third kappa shape index (κ3) is 4.28. The highest BCUT2D eigenvalue weighted by atomic mass is 32.1. The monoisotopic (exact) mass is 496 g/mol. The van der Waals surface area contributed by atoms with E-state index in [0.717, 1.165) is 34.8 Å². The van der Waals surface area contributed by atoms with Gasteiger partial charge in [0.1, 0.15) is 15.4 Å². The fourth-order valence-electron chi connectivity index (χ4n) is 3.70. The first-order chi connectivity index (χ1) is 16.8. The van der Waals surface area contributed by atoms with Crippen molar-refractivity contribution in [1.82, 2.24) is 24.4 Å². The second-order valence-corrected chi connectivity index (χ2v) is 8.55. The van der Waals surface area contributed by atoms with Crippen LogP contribution >= 0.6 is 11.3 Å². The summed E-state index contributed by atoms with van der Waals surface area (Å²) in [5.41, 5.74) is 3.44. The van der Waals surface area contributed by atoms with Crippen molar-refractivity contribution in [3.8, 4) is 11.3 Å². The zero-order valence-electron chi connectivity index (χ0n) is 19.9. The van der Waals surface area contributed by atoms with Gasteiger partial charge in [-0.2, -0.15) is 10.2 Å². The average Bonchev–Trinajstić information content (AvgIpc) is 3.53. The van der Waals surface area contributed by atoms with Gasteiger partial charge in [0, 0.05) is 24.5 Å². The molecular weight excluding hydrogens is 472 g/mol. The first-order valence-electron chi connectivity index (χ1n) is 10.9. The Morgan fingerprint density at radius 3 is 2.60 bits per heavy atom. The molecule has 0 fully saturated rings. The lowest BCUT2D eigenvalue weighted by Gasteiger charge is -2.06.